The summed E-state index contributed by atoms with van der Waals surface area (Å²) in [5, 5.41) is 3.07. The number of carbonyl (C=O) groups is 1. The highest BCUT2D eigenvalue weighted by molar-refractivity contribution is 5.94. The van der Waals surface area contributed by atoms with Crippen LogP contribution in [0, 0.1) is 0 Å². The quantitative estimate of drug-likeness (QED) is 0.665. The molecule has 1 heterocycles. The van der Waals surface area contributed by atoms with E-state index in [1.54, 1.807) is 7.11 Å². The van der Waals surface area contributed by atoms with E-state index >= 15 is 0 Å². The molecule has 0 aromatic heterocycles. The van der Waals surface area contributed by atoms with Crippen LogP contribution in [0.2, 0.25) is 0 Å². The van der Waals surface area contributed by atoms with E-state index in [-0.39, 0.29) is 11.9 Å². The topological polar surface area (TPSA) is 41.6 Å². The molecule has 0 aliphatic carbocycles. The second-order valence-corrected chi connectivity index (χ2v) is 7.47. The van der Waals surface area contributed by atoms with Crippen molar-refractivity contribution in [1.29, 1.82) is 0 Å². The van der Waals surface area contributed by atoms with Crippen LogP contribution in [0.1, 0.15) is 40.0 Å². The van der Waals surface area contributed by atoms with E-state index in [0.29, 0.717) is 5.56 Å². The molecule has 4 rings (SSSR count). The molecule has 3 aromatic carbocycles. The summed E-state index contributed by atoms with van der Waals surface area (Å²) >= 11 is 0. The predicted octanol–water partition coefficient (Wildman–Crippen LogP) is 4.75. The first-order valence-corrected chi connectivity index (χ1v) is 10.0. The molecule has 0 fully saturated rings. The molecular weight excluding hydrogens is 360 g/mol. The number of nitrogens with one attached hydrogen (secondary N) is 1. The summed E-state index contributed by atoms with van der Waals surface area (Å²) in [5.41, 5.74) is 5.67. The first-order valence-electron chi connectivity index (χ1n) is 10.0. The minimum Gasteiger partial charge on any atom is -0.497 e. The van der Waals surface area contributed by atoms with Crippen LogP contribution in [0.25, 0.3) is 0 Å². The summed E-state index contributed by atoms with van der Waals surface area (Å²) in [6.45, 7) is 3.89. The Labute approximate surface area is 172 Å². The van der Waals surface area contributed by atoms with Crippen LogP contribution >= 0.6 is 0 Å². The molecule has 148 valence electrons. The number of ether oxygens (including phenoxy) is 1. The van der Waals surface area contributed by atoms with E-state index in [9.17, 15) is 4.79 Å². The molecule has 29 heavy (non-hydrogen) atoms. The van der Waals surface area contributed by atoms with Gasteiger partial charge in [-0.1, -0.05) is 42.5 Å². The molecule has 1 aliphatic heterocycles. The van der Waals surface area contributed by atoms with Crippen molar-refractivity contribution < 1.29 is 9.53 Å². The van der Waals surface area contributed by atoms with Crippen LogP contribution in [0.5, 0.6) is 5.75 Å². The summed E-state index contributed by atoms with van der Waals surface area (Å²) in [6.07, 6.45) is 1.10. The fourth-order valence-electron chi connectivity index (χ4n) is 3.81. The number of anilines is 1. The number of hydrogen-bond acceptors (Lipinski definition) is 3. The Kier molecular flexibility index (Phi) is 5.52. The lowest BCUT2D eigenvalue weighted by atomic mass is 10.1. The Morgan fingerprint density at radius 1 is 1.03 bits per heavy atom. The molecule has 1 atom stereocenters. The number of rotatable bonds is 6. The smallest absolute Gasteiger partial charge is 0.251 e. The number of fused-ring (bicyclic) bond motifs is 1. The summed E-state index contributed by atoms with van der Waals surface area (Å²) in [7, 11) is 1.65. The van der Waals surface area contributed by atoms with Crippen LogP contribution in [0.3, 0.4) is 0 Å². The fraction of sp³-hybridized carbons (Fsp3) is 0.240. The van der Waals surface area contributed by atoms with Gasteiger partial charge in [-0.2, -0.15) is 0 Å². The Morgan fingerprint density at radius 2 is 1.76 bits per heavy atom. The maximum Gasteiger partial charge on any atom is 0.251 e. The molecule has 4 heteroatoms. The second kappa shape index (κ2) is 8.39. The van der Waals surface area contributed by atoms with E-state index in [1.165, 1.54) is 16.8 Å². The zero-order chi connectivity index (χ0) is 20.2. The zero-order valence-electron chi connectivity index (χ0n) is 16.9. The van der Waals surface area contributed by atoms with Gasteiger partial charge in [-0.05, 0) is 60.4 Å². The minimum absolute atomic E-state index is 0.0635. The predicted molar refractivity (Wildman–Crippen MR) is 117 cm³/mol. The molecule has 0 spiro atoms. The summed E-state index contributed by atoms with van der Waals surface area (Å²) < 4.78 is 5.19. The van der Waals surface area contributed by atoms with Crippen molar-refractivity contribution in [2.45, 2.75) is 25.9 Å². The number of benzene rings is 3. The molecular formula is C25H26N2O2. The monoisotopic (exact) mass is 386 g/mol. The molecule has 0 radical (unpaired) electrons. The number of methoxy groups -OCH3 is 1. The van der Waals surface area contributed by atoms with E-state index in [1.807, 2.05) is 55.5 Å². The van der Waals surface area contributed by atoms with E-state index in [0.717, 1.165) is 30.8 Å². The Hall–Kier alpha value is -3.27. The van der Waals surface area contributed by atoms with Gasteiger partial charge in [0.15, 0.2) is 0 Å². The van der Waals surface area contributed by atoms with Crippen molar-refractivity contribution in [2.24, 2.45) is 0 Å². The first kappa shape index (κ1) is 19.1. The van der Waals surface area contributed by atoms with Crippen LogP contribution in [0.4, 0.5) is 5.69 Å². The van der Waals surface area contributed by atoms with Gasteiger partial charge in [0.1, 0.15) is 5.75 Å². The molecule has 4 nitrogen and oxygen atoms in total. The van der Waals surface area contributed by atoms with Gasteiger partial charge < -0.3 is 15.0 Å². The molecule has 0 unspecified atom stereocenters. The average Bonchev–Trinajstić information content (AvgIpc) is 3.17. The van der Waals surface area contributed by atoms with Gasteiger partial charge in [0.05, 0.1) is 13.2 Å². The Morgan fingerprint density at radius 3 is 2.48 bits per heavy atom. The Bertz CT molecular complexity index is 980. The maximum absolute atomic E-state index is 12.6. The fourth-order valence-corrected chi connectivity index (χ4v) is 3.81. The molecule has 1 amide bonds. The van der Waals surface area contributed by atoms with E-state index in [4.69, 9.17) is 4.74 Å². The largest absolute Gasteiger partial charge is 0.497 e. The number of nitrogens with zero attached hydrogens (tertiary/aromatic N) is 1. The van der Waals surface area contributed by atoms with Crippen LogP contribution in [-0.4, -0.2) is 19.6 Å². The van der Waals surface area contributed by atoms with Gasteiger partial charge in [-0.3, -0.25) is 4.79 Å². The first-order chi connectivity index (χ1) is 14.1. The van der Waals surface area contributed by atoms with Gasteiger partial charge in [-0.25, -0.2) is 0 Å². The van der Waals surface area contributed by atoms with Crippen LogP contribution < -0.4 is 15.0 Å². The Balaban J connectivity index is 1.38. The second-order valence-electron chi connectivity index (χ2n) is 7.47. The van der Waals surface area contributed by atoms with Gasteiger partial charge in [0.2, 0.25) is 0 Å². The lowest BCUT2D eigenvalue weighted by molar-refractivity contribution is 0.0940. The molecule has 0 saturated carbocycles. The van der Waals surface area contributed by atoms with E-state index < -0.39 is 0 Å². The van der Waals surface area contributed by atoms with Crippen molar-refractivity contribution in [3.63, 3.8) is 0 Å². The summed E-state index contributed by atoms with van der Waals surface area (Å²) in [5.74, 6) is 0.745. The number of carbonyl (C=O) groups excluding carboxylic acids is 1. The van der Waals surface area contributed by atoms with Crippen molar-refractivity contribution >= 4 is 11.6 Å². The molecule has 1 aliphatic rings. The normalized spacial score (nSPS) is 13.7. The summed E-state index contributed by atoms with van der Waals surface area (Å²) in [6, 6.07) is 24.2. The third-order valence-corrected chi connectivity index (χ3v) is 5.54. The van der Waals surface area contributed by atoms with Crippen LogP contribution in [-0.2, 0) is 13.0 Å². The molecule has 0 bridgehead atoms. The van der Waals surface area contributed by atoms with E-state index in [2.05, 4.69) is 34.5 Å². The highest BCUT2D eigenvalue weighted by Crippen LogP contribution is 2.28. The standard InChI is InChI=1S/C25H26N2O2/c1-18(20-11-13-23(29-2)14-12-20)26-25(28)22-9-7-19(8-10-22)17-27-16-15-21-5-3-4-6-24(21)27/h3-14,18H,15-17H2,1-2H3,(H,26,28)/t18-/m0/s1. The summed E-state index contributed by atoms with van der Waals surface area (Å²) in [4.78, 5) is 15.0. The van der Waals surface area contributed by atoms with Crippen molar-refractivity contribution in [2.75, 3.05) is 18.6 Å². The van der Waals surface area contributed by atoms with Crippen molar-refractivity contribution in [3.8, 4) is 5.75 Å². The lowest BCUT2D eigenvalue weighted by Gasteiger charge is -2.19. The lowest BCUT2D eigenvalue weighted by Crippen LogP contribution is -2.26. The maximum atomic E-state index is 12.6. The number of para-hydroxylation sites is 1. The highest BCUT2D eigenvalue weighted by Gasteiger charge is 2.18. The van der Waals surface area contributed by atoms with Gasteiger partial charge in [-0.15, -0.1) is 0 Å². The number of amides is 1. The molecule has 3 aromatic rings. The number of hydrogen-bond donors (Lipinski definition) is 1. The zero-order valence-corrected chi connectivity index (χ0v) is 16.9. The molecule has 1 N–H and O–H groups in total. The molecule has 0 saturated heterocycles. The van der Waals surface area contributed by atoms with Crippen molar-refractivity contribution in [3.05, 3.63) is 95.1 Å². The van der Waals surface area contributed by atoms with Crippen molar-refractivity contribution in [1.82, 2.24) is 5.32 Å². The van der Waals surface area contributed by atoms with Gasteiger partial charge >= 0.3 is 0 Å². The van der Waals surface area contributed by atoms with Gasteiger partial charge in [0, 0.05) is 24.3 Å². The average molecular weight is 386 g/mol. The third kappa shape index (κ3) is 4.27. The van der Waals surface area contributed by atoms with Crippen LogP contribution in [0.15, 0.2) is 72.8 Å². The SMILES string of the molecule is COc1ccc([C@H](C)NC(=O)c2ccc(CN3CCc4ccccc43)cc2)cc1. The minimum atomic E-state index is -0.0748. The third-order valence-electron chi connectivity index (χ3n) is 5.54. The van der Waals surface area contributed by atoms with Gasteiger partial charge in [0.25, 0.3) is 5.91 Å². The highest BCUT2D eigenvalue weighted by atomic mass is 16.5.